The highest BCUT2D eigenvalue weighted by Gasteiger charge is 2.21. The van der Waals surface area contributed by atoms with Crippen LogP contribution in [0.5, 0.6) is 0 Å². The Bertz CT molecular complexity index is 221. The van der Waals surface area contributed by atoms with Crippen molar-refractivity contribution < 1.29 is 14.3 Å². The molecule has 0 N–H and O–H groups in total. The van der Waals surface area contributed by atoms with E-state index in [9.17, 15) is 4.79 Å². The Morgan fingerprint density at radius 2 is 1.42 bits per heavy atom. The van der Waals surface area contributed by atoms with Crippen LogP contribution in [0.1, 0.15) is 86.0 Å². The maximum Gasteiger partial charge on any atom is 0.509 e. The zero-order valence-electron chi connectivity index (χ0n) is 13.5. The van der Waals surface area contributed by atoms with Crippen molar-refractivity contribution in [3.8, 4) is 0 Å². The summed E-state index contributed by atoms with van der Waals surface area (Å²) in [6.07, 6.45) is 8.42. The standard InChI is InChI=1S/C16H32O3/c1-6-8-10-12-14(13-11-9-7-2)18-15(17)19-16(3,4)5/h14H,6-13H2,1-5H3. The van der Waals surface area contributed by atoms with Crippen molar-refractivity contribution in [3.05, 3.63) is 0 Å². The minimum Gasteiger partial charge on any atom is -0.431 e. The maximum atomic E-state index is 11.7. The molecule has 0 aliphatic heterocycles. The van der Waals surface area contributed by atoms with Gasteiger partial charge in [-0.1, -0.05) is 39.5 Å². The van der Waals surface area contributed by atoms with E-state index in [0.717, 1.165) is 25.7 Å². The molecule has 0 radical (unpaired) electrons. The molecule has 0 unspecified atom stereocenters. The van der Waals surface area contributed by atoms with Crippen LogP contribution < -0.4 is 0 Å². The fourth-order valence-electron chi connectivity index (χ4n) is 1.92. The predicted octanol–water partition coefficient (Wildman–Crippen LogP) is 5.47. The zero-order chi connectivity index (χ0) is 14.7. The average molecular weight is 272 g/mol. The van der Waals surface area contributed by atoms with Gasteiger partial charge in [0, 0.05) is 0 Å². The molecule has 0 heterocycles. The van der Waals surface area contributed by atoms with Crippen molar-refractivity contribution in [2.24, 2.45) is 0 Å². The summed E-state index contributed by atoms with van der Waals surface area (Å²) in [5, 5.41) is 0. The highest BCUT2D eigenvalue weighted by Crippen LogP contribution is 2.17. The van der Waals surface area contributed by atoms with E-state index in [2.05, 4.69) is 13.8 Å². The molecule has 114 valence electrons. The summed E-state index contributed by atoms with van der Waals surface area (Å²) in [6.45, 7) is 9.94. The van der Waals surface area contributed by atoms with Gasteiger partial charge < -0.3 is 9.47 Å². The van der Waals surface area contributed by atoms with Gasteiger partial charge in [0.25, 0.3) is 0 Å². The van der Waals surface area contributed by atoms with Gasteiger partial charge in [-0.25, -0.2) is 4.79 Å². The monoisotopic (exact) mass is 272 g/mol. The van der Waals surface area contributed by atoms with Crippen LogP contribution in [0.15, 0.2) is 0 Å². The minimum atomic E-state index is -0.523. The molecule has 0 atom stereocenters. The molecule has 3 heteroatoms. The normalized spacial score (nSPS) is 11.7. The summed E-state index contributed by atoms with van der Waals surface area (Å²) in [5.41, 5.74) is -0.478. The first-order valence-electron chi connectivity index (χ1n) is 7.78. The fourth-order valence-corrected chi connectivity index (χ4v) is 1.92. The predicted molar refractivity (Wildman–Crippen MR) is 79.4 cm³/mol. The molecule has 3 nitrogen and oxygen atoms in total. The number of hydrogen-bond donors (Lipinski definition) is 0. The molecule has 0 fully saturated rings. The van der Waals surface area contributed by atoms with Crippen LogP contribution in [-0.4, -0.2) is 17.9 Å². The first-order chi connectivity index (χ1) is 8.89. The molecule has 0 bridgehead atoms. The Labute approximate surface area is 119 Å². The molecule has 0 saturated heterocycles. The molecule has 0 spiro atoms. The van der Waals surface area contributed by atoms with E-state index in [0.29, 0.717) is 0 Å². The first kappa shape index (κ1) is 18.3. The average Bonchev–Trinajstić information content (AvgIpc) is 2.26. The Morgan fingerprint density at radius 3 is 1.79 bits per heavy atom. The van der Waals surface area contributed by atoms with E-state index in [4.69, 9.17) is 9.47 Å². The smallest absolute Gasteiger partial charge is 0.431 e. The van der Waals surface area contributed by atoms with Gasteiger partial charge in [-0.05, 0) is 46.5 Å². The highest BCUT2D eigenvalue weighted by atomic mass is 16.7. The van der Waals surface area contributed by atoms with Crippen molar-refractivity contribution in [1.29, 1.82) is 0 Å². The quantitative estimate of drug-likeness (QED) is 0.412. The topological polar surface area (TPSA) is 35.5 Å². The van der Waals surface area contributed by atoms with Crippen LogP contribution >= 0.6 is 0 Å². The van der Waals surface area contributed by atoms with E-state index >= 15 is 0 Å². The summed E-state index contributed by atoms with van der Waals surface area (Å²) in [6, 6.07) is 0. The van der Waals surface area contributed by atoms with E-state index in [-0.39, 0.29) is 6.10 Å². The fraction of sp³-hybridized carbons (Fsp3) is 0.938. The van der Waals surface area contributed by atoms with Crippen LogP contribution in [-0.2, 0) is 9.47 Å². The largest absolute Gasteiger partial charge is 0.509 e. The second-order valence-corrected chi connectivity index (χ2v) is 6.20. The second-order valence-electron chi connectivity index (χ2n) is 6.20. The molecule has 0 aromatic rings. The third kappa shape index (κ3) is 12.1. The first-order valence-corrected chi connectivity index (χ1v) is 7.78. The van der Waals surface area contributed by atoms with Gasteiger partial charge >= 0.3 is 6.16 Å². The number of carbonyl (C=O) groups excluding carboxylic acids is 1. The van der Waals surface area contributed by atoms with Crippen molar-refractivity contribution in [2.45, 2.75) is 97.7 Å². The van der Waals surface area contributed by atoms with E-state index in [1.165, 1.54) is 25.7 Å². The van der Waals surface area contributed by atoms with E-state index in [1.807, 2.05) is 20.8 Å². The van der Waals surface area contributed by atoms with Crippen molar-refractivity contribution >= 4 is 6.16 Å². The van der Waals surface area contributed by atoms with Gasteiger partial charge in [-0.3, -0.25) is 0 Å². The lowest BCUT2D eigenvalue weighted by Crippen LogP contribution is -2.27. The summed E-state index contributed by atoms with van der Waals surface area (Å²) < 4.78 is 10.7. The molecule has 0 aromatic heterocycles. The molecule has 0 aromatic carbocycles. The van der Waals surface area contributed by atoms with Crippen LogP contribution in [0, 0.1) is 0 Å². The summed E-state index contributed by atoms with van der Waals surface area (Å²) in [4.78, 5) is 11.7. The molecular formula is C16H32O3. The molecule has 19 heavy (non-hydrogen) atoms. The summed E-state index contributed by atoms with van der Waals surface area (Å²) in [7, 11) is 0. The Kier molecular flexibility index (Phi) is 9.72. The van der Waals surface area contributed by atoms with Crippen LogP contribution in [0.4, 0.5) is 4.79 Å². The van der Waals surface area contributed by atoms with Gasteiger partial charge in [-0.15, -0.1) is 0 Å². The molecule has 0 rings (SSSR count). The van der Waals surface area contributed by atoms with Gasteiger partial charge in [0.2, 0.25) is 0 Å². The SMILES string of the molecule is CCCCCC(CCCCC)OC(=O)OC(C)(C)C. The Morgan fingerprint density at radius 1 is 0.947 bits per heavy atom. The van der Waals surface area contributed by atoms with E-state index < -0.39 is 11.8 Å². The molecule has 0 aliphatic rings. The number of carbonyl (C=O) groups is 1. The lowest BCUT2D eigenvalue weighted by Gasteiger charge is -2.22. The van der Waals surface area contributed by atoms with Crippen LogP contribution in [0.2, 0.25) is 0 Å². The third-order valence-electron chi connectivity index (χ3n) is 2.91. The second kappa shape index (κ2) is 10.1. The molecule has 0 aliphatic carbocycles. The molecular weight excluding hydrogens is 240 g/mol. The summed E-state index contributed by atoms with van der Waals surface area (Å²) in [5.74, 6) is 0. The maximum absolute atomic E-state index is 11.7. The number of ether oxygens (including phenoxy) is 2. The Hall–Kier alpha value is -0.730. The highest BCUT2D eigenvalue weighted by molar-refractivity contribution is 5.60. The lowest BCUT2D eigenvalue weighted by molar-refractivity contribution is -0.0306. The number of unbranched alkanes of at least 4 members (excludes halogenated alkanes) is 4. The van der Waals surface area contributed by atoms with Gasteiger partial charge in [0.05, 0.1) is 0 Å². The summed E-state index contributed by atoms with van der Waals surface area (Å²) >= 11 is 0. The van der Waals surface area contributed by atoms with Crippen LogP contribution in [0.25, 0.3) is 0 Å². The lowest BCUT2D eigenvalue weighted by atomic mass is 10.0. The number of rotatable bonds is 9. The van der Waals surface area contributed by atoms with Crippen molar-refractivity contribution in [3.63, 3.8) is 0 Å². The molecule has 0 amide bonds. The van der Waals surface area contributed by atoms with Gasteiger partial charge in [0.15, 0.2) is 0 Å². The number of hydrogen-bond acceptors (Lipinski definition) is 3. The minimum absolute atomic E-state index is 0.0212. The Balaban J connectivity index is 4.11. The van der Waals surface area contributed by atoms with Gasteiger partial charge in [-0.2, -0.15) is 0 Å². The zero-order valence-corrected chi connectivity index (χ0v) is 13.5. The third-order valence-corrected chi connectivity index (χ3v) is 2.91. The van der Waals surface area contributed by atoms with Crippen molar-refractivity contribution in [2.75, 3.05) is 0 Å². The van der Waals surface area contributed by atoms with Crippen molar-refractivity contribution in [1.82, 2.24) is 0 Å². The molecule has 0 saturated carbocycles. The van der Waals surface area contributed by atoms with E-state index in [1.54, 1.807) is 0 Å². The van der Waals surface area contributed by atoms with Crippen LogP contribution in [0.3, 0.4) is 0 Å². The van der Waals surface area contributed by atoms with Gasteiger partial charge in [0.1, 0.15) is 11.7 Å².